The molecule has 7 heteroatoms. The van der Waals surface area contributed by atoms with E-state index in [1.54, 1.807) is 6.20 Å². The van der Waals surface area contributed by atoms with Gasteiger partial charge in [0, 0.05) is 5.56 Å². The molecule has 0 aliphatic rings. The molecule has 0 saturated heterocycles. The van der Waals surface area contributed by atoms with Gasteiger partial charge in [-0.15, -0.1) is 0 Å². The first-order valence-electron chi connectivity index (χ1n) is 4.46. The third-order valence-corrected chi connectivity index (χ3v) is 1.99. The van der Waals surface area contributed by atoms with Crippen molar-refractivity contribution in [3.8, 4) is 0 Å². The number of amides is 2. The van der Waals surface area contributed by atoms with Gasteiger partial charge in [0.2, 0.25) is 5.95 Å². The SMILES string of the molecule is CCc1cnn2c(NC(N)=O)ncnc12. The summed E-state index contributed by atoms with van der Waals surface area (Å²) in [7, 11) is 0. The molecule has 0 aromatic carbocycles. The lowest BCUT2D eigenvalue weighted by Crippen LogP contribution is -2.22. The van der Waals surface area contributed by atoms with Gasteiger partial charge in [0.25, 0.3) is 0 Å². The van der Waals surface area contributed by atoms with Gasteiger partial charge in [0.05, 0.1) is 6.20 Å². The Kier molecular flexibility index (Phi) is 2.20. The first-order valence-corrected chi connectivity index (χ1v) is 4.46. The van der Waals surface area contributed by atoms with E-state index in [0.29, 0.717) is 5.65 Å². The molecule has 2 aromatic rings. The smallest absolute Gasteiger partial charge is 0.319 e. The van der Waals surface area contributed by atoms with Crippen LogP contribution in [0.4, 0.5) is 10.7 Å². The summed E-state index contributed by atoms with van der Waals surface area (Å²) in [4.78, 5) is 18.6. The second-order valence-electron chi connectivity index (χ2n) is 2.95. The topological polar surface area (TPSA) is 98.2 Å². The summed E-state index contributed by atoms with van der Waals surface area (Å²) in [6.07, 6.45) is 3.87. The van der Waals surface area contributed by atoms with Crippen LogP contribution in [0.15, 0.2) is 12.5 Å². The van der Waals surface area contributed by atoms with Crippen molar-refractivity contribution >= 4 is 17.6 Å². The third kappa shape index (κ3) is 1.58. The predicted molar refractivity (Wildman–Crippen MR) is 53.4 cm³/mol. The van der Waals surface area contributed by atoms with E-state index in [1.807, 2.05) is 6.92 Å². The number of aryl methyl sites for hydroxylation is 1. The Bertz CT molecular complexity index is 505. The van der Waals surface area contributed by atoms with Crippen molar-refractivity contribution in [2.45, 2.75) is 13.3 Å². The van der Waals surface area contributed by atoms with E-state index >= 15 is 0 Å². The highest BCUT2D eigenvalue weighted by atomic mass is 16.2. The number of aromatic nitrogens is 4. The van der Waals surface area contributed by atoms with Crippen molar-refractivity contribution in [2.24, 2.45) is 5.73 Å². The summed E-state index contributed by atoms with van der Waals surface area (Å²) >= 11 is 0. The molecule has 2 heterocycles. The molecule has 0 fully saturated rings. The zero-order chi connectivity index (χ0) is 10.8. The van der Waals surface area contributed by atoms with Crippen LogP contribution in [0, 0.1) is 0 Å². The number of nitrogens with zero attached hydrogens (tertiary/aromatic N) is 4. The quantitative estimate of drug-likeness (QED) is 0.732. The summed E-state index contributed by atoms with van der Waals surface area (Å²) < 4.78 is 1.45. The number of nitrogens with two attached hydrogens (primary N) is 1. The standard InChI is InChI=1S/C8H10N6O/c1-2-5-3-12-14-6(5)10-4-11-8(14)13-7(9)15/h3-4H,2H2,1H3,(H3,9,10,11,13,15). The summed E-state index contributed by atoms with van der Waals surface area (Å²) in [5, 5.41) is 6.44. The molecule has 3 N–H and O–H groups in total. The maximum Gasteiger partial charge on any atom is 0.319 e. The fourth-order valence-electron chi connectivity index (χ4n) is 1.31. The van der Waals surface area contributed by atoms with Gasteiger partial charge in [-0.25, -0.2) is 14.8 Å². The molecular weight excluding hydrogens is 196 g/mol. The van der Waals surface area contributed by atoms with Crippen LogP contribution in [0.25, 0.3) is 5.65 Å². The molecular formula is C8H10N6O. The first kappa shape index (κ1) is 9.38. The molecule has 78 valence electrons. The second kappa shape index (κ2) is 3.52. The molecule has 2 rings (SSSR count). The maximum absolute atomic E-state index is 10.7. The Morgan fingerprint density at radius 3 is 3.07 bits per heavy atom. The summed E-state index contributed by atoms with van der Waals surface area (Å²) in [6.45, 7) is 2.00. The number of primary amides is 1. The van der Waals surface area contributed by atoms with Crippen molar-refractivity contribution < 1.29 is 4.79 Å². The van der Waals surface area contributed by atoms with Crippen molar-refractivity contribution in [2.75, 3.05) is 5.32 Å². The molecule has 0 unspecified atom stereocenters. The van der Waals surface area contributed by atoms with E-state index in [2.05, 4.69) is 20.4 Å². The van der Waals surface area contributed by atoms with Crippen LogP contribution in [-0.2, 0) is 6.42 Å². The van der Waals surface area contributed by atoms with E-state index in [1.165, 1.54) is 10.8 Å². The molecule has 0 bridgehead atoms. The summed E-state index contributed by atoms with van der Waals surface area (Å²) in [5.41, 5.74) is 6.67. The van der Waals surface area contributed by atoms with Crippen molar-refractivity contribution in [3.63, 3.8) is 0 Å². The highest BCUT2D eigenvalue weighted by Gasteiger charge is 2.08. The van der Waals surface area contributed by atoms with Crippen molar-refractivity contribution in [3.05, 3.63) is 18.1 Å². The van der Waals surface area contributed by atoms with Crippen LogP contribution < -0.4 is 11.1 Å². The minimum absolute atomic E-state index is 0.271. The minimum atomic E-state index is -0.677. The third-order valence-electron chi connectivity index (χ3n) is 1.99. The second-order valence-corrected chi connectivity index (χ2v) is 2.95. The summed E-state index contributed by atoms with van der Waals surface area (Å²) in [5.74, 6) is 0.271. The first-order chi connectivity index (χ1) is 7.22. The molecule has 0 aliphatic heterocycles. The molecule has 0 saturated carbocycles. The fraction of sp³-hybridized carbons (Fsp3) is 0.250. The van der Waals surface area contributed by atoms with E-state index in [0.717, 1.165) is 12.0 Å². The van der Waals surface area contributed by atoms with Gasteiger partial charge in [-0.3, -0.25) is 5.32 Å². The number of hydrogen-bond acceptors (Lipinski definition) is 4. The number of anilines is 1. The van der Waals surface area contributed by atoms with E-state index in [9.17, 15) is 4.79 Å². The van der Waals surface area contributed by atoms with Gasteiger partial charge in [0.1, 0.15) is 6.33 Å². The molecule has 7 nitrogen and oxygen atoms in total. The Hall–Kier alpha value is -2.18. The molecule has 0 atom stereocenters. The Morgan fingerprint density at radius 2 is 2.40 bits per heavy atom. The Balaban J connectivity index is 2.56. The summed E-state index contributed by atoms with van der Waals surface area (Å²) in [6, 6.07) is -0.677. The monoisotopic (exact) mass is 206 g/mol. The molecule has 15 heavy (non-hydrogen) atoms. The van der Waals surface area contributed by atoms with Crippen LogP contribution in [0.5, 0.6) is 0 Å². The predicted octanol–water partition coefficient (Wildman–Crippen LogP) is 0.177. The van der Waals surface area contributed by atoms with Gasteiger partial charge in [0.15, 0.2) is 5.65 Å². The van der Waals surface area contributed by atoms with Crippen LogP contribution >= 0.6 is 0 Å². The van der Waals surface area contributed by atoms with Gasteiger partial charge >= 0.3 is 6.03 Å². The van der Waals surface area contributed by atoms with Gasteiger partial charge in [-0.1, -0.05) is 6.92 Å². The Morgan fingerprint density at radius 1 is 1.60 bits per heavy atom. The average Bonchev–Trinajstić information content (AvgIpc) is 2.61. The van der Waals surface area contributed by atoms with Crippen LogP contribution in [0.2, 0.25) is 0 Å². The number of urea groups is 1. The average molecular weight is 206 g/mol. The molecule has 0 radical (unpaired) electrons. The normalized spacial score (nSPS) is 10.5. The van der Waals surface area contributed by atoms with Crippen molar-refractivity contribution in [1.82, 2.24) is 19.6 Å². The highest BCUT2D eigenvalue weighted by Crippen LogP contribution is 2.11. The fourth-order valence-corrected chi connectivity index (χ4v) is 1.31. The molecule has 0 spiro atoms. The van der Waals surface area contributed by atoms with Gasteiger partial charge < -0.3 is 5.73 Å². The van der Waals surface area contributed by atoms with Crippen LogP contribution in [0.3, 0.4) is 0 Å². The van der Waals surface area contributed by atoms with Crippen molar-refractivity contribution in [1.29, 1.82) is 0 Å². The minimum Gasteiger partial charge on any atom is -0.351 e. The number of carbonyl (C=O) groups excluding carboxylic acids is 1. The van der Waals surface area contributed by atoms with Crippen LogP contribution in [-0.4, -0.2) is 25.6 Å². The zero-order valence-electron chi connectivity index (χ0n) is 8.14. The highest BCUT2D eigenvalue weighted by molar-refractivity contribution is 5.86. The largest absolute Gasteiger partial charge is 0.351 e. The van der Waals surface area contributed by atoms with Gasteiger partial charge in [-0.05, 0) is 6.42 Å². The Labute approximate surface area is 85.3 Å². The lowest BCUT2D eigenvalue weighted by atomic mass is 10.3. The molecule has 2 aromatic heterocycles. The maximum atomic E-state index is 10.7. The molecule has 0 aliphatic carbocycles. The molecule has 2 amide bonds. The lowest BCUT2D eigenvalue weighted by Gasteiger charge is -2.02. The van der Waals surface area contributed by atoms with E-state index in [4.69, 9.17) is 5.73 Å². The number of rotatable bonds is 2. The van der Waals surface area contributed by atoms with Gasteiger partial charge in [-0.2, -0.15) is 9.61 Å². The lowest BCUT2D eigenvalue weighted by molar-refractivity contribution is 0.259. The van der Waals surface area contributed by atoms with Crippen LogP contribution in [0.1, 0.15) is 12.5 Å². The van der Waals surface area contributed by atoms with E-state index in [-0.39, 0.29) is 5.95 Å². The number of nitrogens with one attached hydrogen (secondary N) is 1. The zero-order valence-corrected chi connectivity index (χ0v) is 8.14. The number of fused-ring (bicyclic) bond motifs is 1. The number of carbonyl (C=O) groups is 1. The number of hydrogen-bond donors (Lipinski definition) is 2. The van der Waals surface area contributed by atoms with E-state index < -0.39 is 6.03 Å².